The maximum Gasteiger partial charge on any atom is 0.337 e. The van der Waals surface area contributed by atoms with Gasteiger partial charge in [0.15, 0.2) is 0 Å². The molecule has 0 unspecified atom stereocenters. The number of fused-ring (bicyclic) bond motifs is 3. The molecule has 1 aromatic heterocycles. The number of imidazole rings is 1. The summed E-state index contributed by atoms with van der Waals surface area (Å²) in [5, 5.41) is 10.5. The largest absolute Gasteiger partial charge is 0.497 e. The summed E-state index contributed by atoms with van der Waals surface area (Å²) in [5.41, 5.74) is 2.00. The fourth-order valence-electron chi connectivity index (χ4n) is 3.33. The second-order valence-corrected chi connectivity index (χ2v) is 6.80. The minimum Gasteiger partial charge on any atom is -0.497 e. The van der Waals surface area contributed by atoms with E-state index >= 15 is 0 Å². The van der Waals surface area contributed by atoms with E-state index in [0.29, 0.717) is 39.3 Å². The van der Waals surface area contributed by atoms with Gasteiger partial charge in [-0.25, -0.2) is 9.78 Å². The number of rotatable bonds is 3. The summed E-state index contributed by atoms with van der Waals surface area (Å²) >= 11 is 12.7. The number of aryl methyl sites for hydroxylation is 1. The highest BCUT2D eigenvalue weighted by atomic mass is 35.5. The lowest BCUT2D eigenvalue weighted by Crippen LogP contribution is -2.28. The van der Waals surface area contributed by atoms with Crippen molar-refractivity contribution in [3.63, 3.8) is 0 Å². The highest BCUT2D eigenvalue weighted by Crippen LogP contribution is 2.39. The predicted molar refractivity (Wildman–Crippen MR) is 101 cm³/mol. The predicted octanol–water partition coefficient (Wildman–Crippen LogP) is 4.59. The molecule has 1 N–H and O–H groups in total. The van der Waals surface area contributed by atoms with Gasteiger partial charge in [-0.3, -0.25) is 0 Å². The second-order valence-electron chi connectivity index (χ2n) is 5.98. The summed E-state index contributed by atoms with van der Waals surface area (Å²) in [6.45, 7) is 1.38. The molecule has 0 bridgehead atoms. The smallest absolute Gasteiger partial charge is 0.337 e. The zero-order valence-electron chi connectivity index (χ0n) is 13.9. The number of halogens is 2. The third-order valence-corrected chi connectivity index (χ3v) is 5.11. The maximum absolute atomic E-state index is 11.7. The number of aromatic nitrogens is 2. The lowest BCUT2D eigenvalue weighted by atomic mass is 10.1. The molecule has 0 amide bonds. The fourth-order valence-corrected chi connectivity index (χ4v) is 3.80. The van der Waals surface area contributed by atoms with Crippen molar-refractivity contribution < 1.29 is 14.6 Å². The fraction of sp³-hybridized carbons (Fsp3) is 0.222. The number of hydrogen-bond donors (Lipinski definition) is 1. The molecule has 6 nitrogen and oxygen atoms in total. The van der Waals surface area contributed by atoms with Crippen LogP contribution in [0, 0.1) is 0 Å². The van der Waals surface area contributed by atoms with Crippen LogP contribution in [0.4, 0.5) is 11.6 Å². The average molecular weight is 392 g/mol. The van der Waals surface area contributed by atoms with Crippen LogP contribution < -0.4 is 9.64 Å². The van der Waals surface area contributed by atoms with Crippen molar-refractivity contribution in [2.75, 3.05) is 18.6 Å². The first kappa shape index (κ1) is 17.0. The minimum atomic E-state index is -1.01. The molecule has 0 radical (unpaired) electrons. The first-order chi connectivity index (χ1) is 12.5. The molecule has 26 heavy (non-hydrogen) atoms. The number of aromatic carboxylic acids is 1. The Morgan fingerprint density at radius 3 is 2.69 bits per heavy atom. The summed E-state index contributed by atoms with van der Waals surface area (Å²) in [6.07, 6.45) is 0.826. The van der Waals surface area contributed by atoms with Crippen molar-refractivity contribution in [2.45, 2.75) is 13.0 Å². The summed E-state index contributed by atoms with van der Waals surface area (Å²) in [4.78, 5) is 18.3. The van der Waals surface area contributed by atoms with E-state index in [-0.39, 0.29) is 5.56 Å². The number of carboxylic acid groups (broad SMARTS) is 1. The van der Waals surface area contributed by atoms with Gasteiger partial charge in [0.05, 0.1) is 33.9 Å². The molecule has 1 aliphatic heterocycles. The topological polar surface area (TPSA) is 67.6 Å². The number of carbonyl (C=O) groups is 1. The van der Waals surface area contributed by atoms with Crippen molar-refractivity contribution in [1.82, 2.24) is 9.55 Å². The van der Waals surface area contributed by atoms with Crippen LogP contribution in [0.3, 0.4) is 0 Å². The Bertz CT molecular complexity index is 1030. The van der Waals surface area contributed by atoms with Gasteiger partial charge in [-0.05, 0) is 30.7 Å². The van der Waals surface area contributed by atoms with Gasteiger partial charge in [0.1, 0.15) is 11.3 Å². The number of ether oxygens (including phenoxy) is 1. The van der Waals surface area contributed by atoms with Crippen LogP contribution in [0.15, 0.2) is 30.3 Å². The zero-order valence-corrected chi connectivity index (χ0v) is 15.4. The van der Waals surface area contributed by atoms with E-state index in [0.717, 1.165) is 18.7 Å². The Morgan fingerprint density at radius 1 is 1.19 bits per heavy atom. The van der Waals surface area contributed by atoms with Gasteiger partial charge in [-0.1, -0.05) is 23.2 Å². The van der Waals surface area contributed by atoms with E-state index in [4.69, 9.17) is 27.9 Å². The van der Waals surface area contributed by atoms with Crippen molar-refractivity contribution in [1.29, 1.82) is 0 Å². The van der Waals surface area contributed by atoms with Gasteiger partial charge < -0.3 is 19.3 Å². The number of anilines is 2. The van der Waals surface area contributed by atoms with E-state index in [2.05, 4.69) is 4.98 Å². The Balaban J connectivity index is 1.94. The van der Waals surface area contributed by atoms with Crippen molar-refractivity contribution >= 4 is 51.8 Å². The highest BCUT2D eigenvalue weighted by molar-refractivity contribution is 6.35. The van der Waals surface area contributed by atoms with Crippen molar-refractivity contribution in [3.8, 4) is 5.75 Å². The molecule has 0 atom stereocenters. The molecule has 1 aliphatic rings. The lowest BCUT2D eigenvalue weighted by Gasteiger charge is -2.30. The van der Waals surface area contributed by atoms with E-state index in [1.165, 1.54) is 6.07 Å². The van der Waals surface area contributed by atoms with Gasteiger partial charge >= 0.3 is 5.97 Å². The standard InChI is InChI=1S/C18H15Cl2N3O3/c1-26-10-3-6-14(13(20)9-10)22-7-2-8-23-16-11(17(24)25)4-5-12(19)15(16)21-18(22)23/h3-6,9H,2,7-8H2,1H3,(H,24,25). The Hall–Kier alpha value is -2.44. The molecular weight excluding hydrogens is 377 g/mol. The van der Waals surface area contributed by atoms with Crippen LogP contribution in [0.25, 0.3) is 11.0 Å². The number of methoxy groups -OCH3 is 1. The quantitative estimate of drug-likeness (QED) is 0.706. The van der Waals surface area contributed by atoms with Gasteiger partial charge in [-0.2, -0.15) is 0 Å². The number of nitrogens with zero attached hydrogens (tertiary/aromatic N) is 3. The molecule has 4 rings (SSSR count). The maximum atomic E-state index is 11.7. The molecule has 0 fully saturated rings. The van der Waals surface area contributed by atoms with Crippen LogP contribution >= 0.6 is 23.2 Å². The molecule has 2 heterocycles. The van der Waals surface area contributed by atoms with Crippen molar-refractivity contribution in [3.05, 3.63) is 45.9 Å². The summed E-state index contributed by atoms with van der Waals surface area (Å²) in [6, 6.07) is 8.53. The first-order valence-electron chi connectivity index (χ1n) is 8.04. The molecule has 0 spiro atoms. The Kier molecular flexibility index (Phi) is 4.17. The summed E-state index contributed by atoms with van der Waals surface area (Å²) < 4.78 is 7.10. The number of carboxylic acids is 1. The van der Waals surface area contributed by atoms with Gasteiger partial charge in [-0.15, -0.1) is 0 Å². The van der Waals surface area contributed by atoms with Gasteiger partial charge in [0.25, 0.3) is 0 Å². The SMILES string of the molecule is COc1ccc(N2CCCn3c2nc2c(Cl)ccc(C(=O)O)c23)c(Cl)c1. The third-order valence-electron chi connectivity index (χ3n) is 4.51. The lowest BCUT2D eigenvalue weighted by molar-refractivity contribution is 0.0698. The van der Waals surface area contributed by atoms with E-state index < -0.39 is 5.97 Å². The number of benzene rings is 2. The van der Waals surface area contributed by atoms with E-state index in [9.17, 15) is 9.90 Å². The van der Waals surface area contributed by atoms with Crippen LogP contribution in [-0.4, -0.2) is 34.3 Å². The molecule has 3 aromatic rings. The molecule has 134 valence electrons. The monoisotopic (exact) mass is 391 g/mol. The van der Waals surface area contributed by atoms with Crippen LogP contribution in [0.5, 0.6) is 5.75 Å². The molecule has 8 heteroatoms. The first-order valence-corrected chi connectivity index (χ1v) is 8.80. The molecule has 0 aliphatic carbocycles. The average Bonchev–Trinajstić information content (AvgIpc) is 3.02. The third kappa shape index (κ3) is 2.57. The summed E-state index contributed by atoms with van der Waals surface area (Å²) in [7, 11) is 1.58. The van der Waals surface area contributed by atoms with E-state index in [1.54, 1.807) is 19.2 Å². The van der Waals surface area contributed by atoms with Crippen LogP contribution in [0.2, 0.25) is 10.0 Å². The molecule has 2 aromatic carbocycles. The Labute approximate surface area is 159 Å². The van der Waals surface area contributed by atoms with Gasteiger partial charge in [0.2, 0.25) is 5.95 Å². The highest BCUT2D eigenvalue weighted by Gasteiger charge is 2.27. The minimum absolute atomic E-state index is 0.186. The molecular formula is C18H15Cl2N3O3. The number of hydrogen-bond acceptors (Lipinski definition) is 4. The second kappa shape index (κ2) is 6.37. The molecule has 0 saturated carbocycles. The normalized spacial score (nSPS) is 13.7. The van der Waals surface area contributed by atoms with Gasteiger partial charge in [0, 0.05) is 19.2 Å². The molecule has 0 saturated heterocycles. The Morgan fingerprint density at radius 2 is 2.00 bits per heavy atom. The van der Waals surface area contributed by atoms with Crippen LogP contribution in [0.1, 0.15) is 16.8 Å². The summed E-state index contributed by atoms with van der Waals surface area (Å²) in [5.74, 6) is 0.295. The van der Waals surface area contributed by atoms with Crippen LogP contribution in [-0.2, 0) is 6.54 Å². The zero-order chi connectivity index (χ0) is 18.4. The van der Waals surface area contributed by atoms with E-state index in [1.807, 2.05) is 21.6 Å². The van der Waals surface area contributed by atoms with Crippen molar-refractivity contribution in [2.24, 2.45) is 0 Å².